The number of benzene rings is 3. The summed E-state index contributed by atoms with van der Waals surface area (Å²) >= 11 is 0. The molecule has 10 heteroatoms. The van der Waals surface area contributed by atoms with Gasteiger partial charge in [0, 0.05) is 18.0 Å². The molecular weight excluding hydrogens is 500 g/mol. The maximum absolute atomic E-state index is 13.5. The summed E-state index contributed by atoms with van der Waals surface area (Å²) in [5.41, 5.74) is 2.29. The van der Waals surface area contributed by atoms with E-state index in [9.17, 15) is 14.4 Å². The maximum atomic E-state index is 13.5. The van der Waals surface area contributed by atoms with E-state index >= 15 is 0 Å². The van der Waals surface area contributed by atoms with Gasteiger partial charge in [-0.2, -0.15) is 5.90 Å². The van der Waals surface area contributed by atoms with Crippen molar-refractivity contribution in [1.29, 1.82) is 0 Å². The normalized spacial score (nSPS) is 16.5. The molecule has 198 valence electrons. The number of fused-ring (bicyclic) bond motifs is 1. The lowest BCUT2D eigenvalue weighted by atomic mass is 10.1. The molecule has 1 aliphatic heterocycles. The number of carbonyl (C=O) groups excluding carboxylic acids is 3. The van der Waals surface area contributed by atoms with Crippen LogP contribution in [0.25, 0.3) is 10.9 Å². The van der Waals surface area contributed by atoms with E-state index in [1.807, 2.05) is 54.6 Å². The van der Waals surface area contributed by atoms with Gasteiger partial charge in [0.05, 0.1) is 23.3 Å². The number of rotatable bonds is 7. The summed E-state index contributed by atoms with van der Waals surface area (Å²) in [5, 5.41) is 3.81. The predicted molar refractivity (Wildman–Crippen MR) is 143 cm³/mol. The van der Waals surface area contributed by atoms with E-state index in [1.54, 1.807) is 24.4 Å². The molecule has 0 unspecified atom stereocenters. The average molecular weight is 527 g/mol. The summed E-state index contributed by atoms with van der Waals surface area (Å²) < 4.78 is 11.6. The molecule has 1 aromatic heterocycles. The van der Waals surface area contributed by atoms with Crippen molar-refractivity contribution in [3.63, 3.8) is 0 Å². The monoisotopic (exact) mass is 526 g/mol. The van der Waals surface area contributed by atoms with Crippen LogP contribution in [0.4, 0.5) is 10.5 Å². The van der Waals surface area contributed by atoms with E-state index in [0.29, 0.717) is 17.0 Å². The van der Waals surface area contributed by atoms with Crippen molar-refractivity contribution in [1.82, 2.24) is 9.88 Å². The van der Waals surface area contributed by atoms with Gasteiger partial charge < -0.3 is 19.6 Å². The number of ether oxygens (including phenoxy) is 2. The quantitative estimate of drug-likeness (QED) is 0.345. The molecule has 0 aliphatic carbocycles. The van der Waals surface area contributed by atoms with E-state index in [4.69, 9.17) is 15.4 Å². The molecular formula is C29H26N4O6. The maximum Gasteiger partial charge on any atom is 0.410 e. The Morgan fingerprint density at radius 2 is 1.72 bits per heavy atom. The SMILES string of the molecule is NOC(=O)c1ccc(O[C@@H]2C[C@@H](C(=O)Nc3cccc4cccnc34)N(C(=O)OCc3ccccc3)C2)cc1. The standard InChI is InChI=1S/C29H26N4O6/c30-39-28(35)21-11-13-22(14-12-21)38-23-16-25(33(17-23)29(36)37-18-19-6-2-1-3-7-19)27(34)32-24-10-4-8-20-9-5-15-31-26(20)24/h1-15,23,25H,16-18,30H2,(H,32,34)/t23-,25+/m1/s1. The number of carbonyl (C=O) groups is 3. The number of hydrogen-bond acceptors (Lipinski definition) is 8. The number of para-hydroxylation sites is 1. The van der Waals surface area contributed by atoms with Crippen LogP contribution in [0, 0.1) is 0 Å². The molecule has 2 heterocycles. The molecule has 4 aromatic rings. The van der Waals surface area contributed by atoms with Gasteiger partial charge in [-0.25, -0.2) is 9.59 Å². The van der Waals surface area contributed by atoms with E-state index in [-0.39, 0.29) is 31.0 Å². The van der Waals surface area contributed by atoms with Gasteiger partial charge in [-0.15, -0.1) is 0 Å². The van der Waals surface area contributed by atoms with Crippen molar-refractivity contribution in [3.8, 4) is 5.75 Å². The van der Waals surface area contributed by atoms with E-state index in [1.165, 1.54) is 17.0 Å². The highest BCUT2D eigenvalue weighted by atomic mass is 16.7. The molecule has 0 radical (unpaired) electrons. The summed E-state index contributed by atoms with van der Waals surface area (Å²) in [6.07, 6.45) is 0.769. The topological polar surface area (TPSA) is 133 Å². The molecule has 0 saturated carbocycles. The second kappa shape index (κ2) is 11.6. The van der Waals surface area contributed by atoms with Crippen molar-refractivity contribution in [3.05, 3.63) is 102 Å². The minimum Gasteiger partial charge on any atom is -0.488 e. The lowest BCUT2D eigenvalue weighted by molar-refractivity contribution is -0.120. The molecule has 10 nitrogen and oxygen atoms in total. The van der Waals surface area contributed by atoms with Gasteiger partial charge in [-0.3, -0.25) is 14.7 Å². The molecule has 1 saturated heterocycles. The highest BCUT2D eigenvalue weighted by Gasteiger charge is 2.42. The Kier molecular flexibility index (Phi) is 7.65. The number of amides is 2. The van der Waals surface area contributed by atoms with Crippen molar-refractivity contribution in [2.45, 2.75) is 25.2 Å². The van der Waals surface area contributed by atoms with Crippen LogP contribution in [-0.2, 0) is 21.0 Å². The average Bonchev–Trinajstić information content (AvgIpc) is 3.40. The summed E-state index contributed by atoms with van der Waals surface area (Å²) in [7, 11) is 0. The fourth-order valence-electron chi connectivity index (χ4n) is 4.49. The molecule has 0 bridgehead atoms. The lowest BCUT2D eigenvalue weighted by Crippen LogP contribution is -2.43. The van der Waals surface area contributed by atoms with Crippen LogP contribution in [-0.4, -0.2) is 46.5 Å². The van der Waals surface area contributed by atoms with Crippen LogP contribution in [0.1, 0.15) is 22.3 Å². The summed E-state index contributed by atoms with van der Waals surface area (Å²) in [4.78, 5) is 48.2. The lowest BCUT2D eigenvalue weighted by Gasteiger charge is -2.23. The molecule has 3 aromatic carbocycles. The predicted octanol–water partition coefficient (Wildman–Crippen LogP) is 4.06. The van der Waals surface area contributed by atoms with Gasteiger partial charge >= 0.3 is 12.1 Å². The van der Waals surface area contributed by atoms with E-state index < -0.39 is 24.2 Å². The second-order valence-corrected chi connectivity index (χ2v) is 8.98. The Morgan fingerprint density at radius 1 is 0.949 bits per heavy atom. The Bertz CT molecular complexity index is 1470. The smallest absolute Gasteiger partial charge is 0.410 e. The number of nitrogens with one attached hydrogen (secondary N) is 1. The Balaban J connectivity index is 1.33. The van der Waals surface area contributed by atoms with Crippen molar-refractivity contribution < 1.29 is 28.7 Å². The van der Waals surface area contributed by atoms with Gasteiger partial charge in [0.1, 0.15) is 24.5 Å². The molecule has 39 heavy (non-hydrogen) atoms. The van der Waals surface area contributed by atoms with E-state index in [0.717, 1.165) is 10.9 Å². The third-order valence-electron chi connectivity index (χ3n) is 6.40. The number of anilines is 1. The van der Waals surface area contributed by atoms with E-state index in [2.05, 4.69) is 15.1 Å². The molecule has 5 rings (SSSR count). The van der Waals surface area contributed by atoms with Crippen LogP contribution >= 0.6 is 0 Å². The molecule has 3 N–H and O–H groups in total. The van der Waals surface area contributed by atoms with Gasteiger partial charge in [-0.1, -0.05) is 48.5 Å². The zero-order valence-corrected chi connectivity index (χ0v) is 20.9. The highest BCUT2D eigenvalue weighted by molar-refractivity contribution is 6.03. The van der Waals surface area contributed by atoms with Crippen LogP contribution in [0.15, 0.2) is 91.1 Å². The number of hydrogen-bond donors (Lipinski definition) is 2. The first-order valence-electron chi connectivity index (χ1n) is 12.3. The number of pyridine rings is 1. The van der Waals surface area contributed by atoms with Gasteiger partial charge in [0.25, 0.3) is 0 Å². The third-order valence-corrected chi connectivity index (χ3v) is 6.40. The number of nitrogens with two attached hydrogens (primary N) is 1. The first kappa shape index (κ1) is 25.7. The third kappa shape index (κ3) is 5.97. The first-order chi connectivity index (χ1) is 19.0. The zero-order valence-electron chi connectivity index (χ0n) is 20.9. The fourth-order valence-corrected chi connectivity index (χ4v) is 4.49. The Labute approximate surface area is 224 Å². The second-order valence-electron chi connectivity index (χ2n) is 8.98. The van der Waals surface area contributed by atoms with Crippen LogP contribution in [0.2, 0.25) is 0 Å². The minimum absolute atomic E-state index is 0.0714. The number of nitrogens with zero attached hydrogens (tertiary/aromatic N) is 2. The molecule has 2 amide bonds. The summed E-state index contributed by atoms with van der Waals surface area (Å²) in [6.45, 7) is 0.202. The molecule has 0 spiro atoms. The van der Waals surface area contributed by atoms with Crippen molar-refractivity contribution in [2.75, 3.05) is 11.9 Å². The number of likely N-dealkylation sites (tertiary alicyclic amines) is 1. The van der Waals surface area contributed by atoms with Gasteiger partial charge in [0.15, 0.2) is 0 Å². The van der Waals surface area contributed by atoms with Gasteiger partial charge in [0.2, 0.25) is 5.91 Å². The zero-order chi connectivity index (χ0) is 27.2. The summed E-state index contributed by atoms with van der Waals surface area (Å²) in [6, 6.07) is 23.9. The molecule has 1 fully saturated rings. The largest absolute Gasteiger partial charge is 0.488 e. The van der Waals surface area contributed by atoms with Crippen molar-refractivity contribution in [2.24, 2.45) is 5.90 Å². The minimum atomic E-state index is -0.844. The van der Waals surface area contributed by atoms with Crippen LogP contribution in [0.3, 0.4) is 0 Å². The highest BCUT2D eigenvalue weighted by Crippen LogP contribution is 2.27. The van der Waals surface area contributed by atoms with Crippen molar-refractivity contribution >= 4 is 34.6 Å². The van der Waals surface area contributed by atoms with Gasteiger partial charge in [-0.05, 0) is 42.0 Å². The fraction of sp³-hybridized carbons (Fsp3) is 0.172. The number of aromatic nitrogens is 1. The Morgan fingerprint density at radius 3 is 2.49 bits per heavy atom. The van der Waals surface area contributed by atoms with Crippen LogP contribution < -0.4 is 16.0 Å². The summed E-state index contributed by atoms with van der Waals surface area (Å²) in [5.74, 6) is 4.35. The molecule has 2 atom stereocenters. The van der Waals surface area contributed by atoms with Crippen LogP contribution in [0.5, 0.6) is 5.75 Å². The Hall–Kier alpha value is -4.96. The molecule has 1 aliphatic rings. The first-order valence-corrected chi connectivity index (χ1v) is 12.3.